The fraction of sp³-hybridized carbons (Fsp3) is 0.158. The Balaban J connectivity index is 0.00000343. The van der Waals surface area contributed by atoms with E-state index in [0.29, 0.717) is 11.5 Å². The smallest absolute Gasteiger partial charge is 0.509 e. The second-order valence-electron chi connectivity index (χ2n) is 10.8. The molecular formula is C38H32N4OPt. The maximum absolute atomic E-state index is 6.40. The molecule has 0 aliphatic carbocycles. The van der Waals surface area contributed by atoms with Gasteiger partial charge in [-0.05, 0) is 72.7 Å². The molecule has 220 valence electrons. The van der Waals surface area contributed by atoms with E-state index in [1.165, 1.54) is 16.5 Å². The zero-order chi connectivity index (χ0) is 29.5. The predicted molar refractivity (Wildman–Crippen MR) is 174 cm³/mol. The van der Waals surface area contributed by atoms with Gasteiger partial charge in [0.2, 0.25) is 0 Å². The number of fused-ring (bicyclic) bond motifs is 3. The van der Waals surface area contributed by atoms with Gasteiger partial charge in [-0.2, -0.15) is 17.2 Å². The van der Waals surface area contributed by atoms with Crippen LogP contribution >= 0.6 is 0 Å². The molecular weight excluding hydrogens is 724 g/mol. The zero-order valence-corrected chi connectivity index (χ0v) is 27.4. The molecule has 0 bridgehead atoms. The van der Waals surface area contributed by atoms with Crippen molar-refractivity contribution in [3.63, 3.8) is 0 Å². The molecule has 0 fully saturated rings. The Labute approximate surface area is 272 Å². The van der Waals surface area contributed by atoms with Crippen molar-refractivity contribution >= 4 is 21.8 Å². The normalized spacial score (nSPS) is 11.2. The van der Waals surface area contributed by atoms with Gasteiger partial charge in [0.1, 0.15) is 5.82 Å². The molecule has 3 heterocycles. The van der Waals surface area contributed by atoms with E-state index in [1.807, 2.05) is 48.1 Å². The molecule has 0 N–H and O–H groups in total. The van der Waals surface area contributed by atoms with Gasteiger partial charge in [-0.3, -0.25) is 4.68 Å². The summed E-state index contributed by atoms with van der Waals surface area (Å²) in [6.45, 7) is 8.49. The SMILES string of the molecule is CCc1ccnc(-n2c3[c-]c(Oc4[c-]c(-n5nc(C)c(-c6ccccc6)c5C)ccc4)ccc3c3cc(CC)ccc32)c1.[Pt+2]. The fourth-order valence-electron chi connectivity index (χ4n) is 5.93. The van der Waals surface area contributed by atoms with Crippen molar-refractivity contribution in [2.45, 2.75) is 40.5 Å². The summed E-state index contributed by atoms with van der Waals surface area (Å²) >= 11 is 0. The fourth-order valence-corrected chi connectivity index (χ4v) is 5.93. The summed E-state index contributed by atoms with van der Waals surface area (Å²) < 4.78 is 10.5. The van der Waals surface area contributed by atoms with Crippen molar-refractivity contribution in [2.75, 3.05) is 0 Å². The Kier molecular flexibility index (Phi) is 8.25. The Bertz CT molecular complexity index is 2110. The molecule has 7 rings (SSSR count). The zero-order valence-electron chi connectivity index (χ0n) is 25.2. The van der Waals surface area contributed by atoms with Crippen LogP contribution in [0.25, 0.3) is 44.4 Å². The molecule has 4 aromatic carbocycles. The molecule has 0 atom stereocenters. The quantitative estimate of drug-likeness (QED) is 0.153. The van der Waals surface area contributed by atoms with Crippen LogP contribution in [0.5, 0.6) is 11.5 Å². The molecule has 0 spiro atoms. The van der Waals surface area contributed by atoms with E-state index in [0.717, 1.165) is 63.3 Å². The molecule has 0 aliphatic heterocycles. The van der Waals surface area contributed by atoms with Gasteiger partial charge >= 0.3 is 21.1 Å². The van der Waals surface area contributed by atoms with Crippen LogP contribution in [0.15, 0.2) is 97.2 Å². The van der Waals surface area contributed by atoms with E-state index >= 15 is 0 Å². The molecule has 5 nitrogen and oxygen atoms in total. The van der Waals surface area contributed by atoms with E-state index in [-0.39, 0.29) is 21.1 Å². The molecule has 7 aromatic rings. The maximum Gasteiger partial charge on any atom is 2.00 e. The van der Waals surface area contributed by atoms with Crippen LogP contribution in [0.4, 0.5) is 0 Å². The number of aromatic nitrogens is 4. The Morgan fingerprint density at radius 1 is 0.750 bits per heavy atom. The number of ether oxygens (including phenoxy) is 1. The minimum absolute atomic E-state index is 0. The van der Waals surface area contributed by atoms with Crippen LogP contribution in [0, 0.1) is 26.0 Å². The summed E-state index contributed by atoms with van der Waals surface area (Å²) in [5.41, 5.74) is 9.72. The largest absolute Gasteiger partial charge is 2.00 e. The number of hydrogen-bond acceptors (Lipinski definition) is 3. The van der Waals surface area contributed by atoms with E-state index < -0.39 is 0 Å². The number of rotatable bonds is 7. The van der Waals surface area contributed by atoms with Gasteiger partial charge in [-0.1, -0.05) is 61.8 Å². The third-order valence-corrected chi connectivity index (χ3v) is 8.12. The first-order valence-electron chi connectivity index (χ1n) is 14.8. The third-order valence-electron chi connectivity index (χ3n) is 8.12. The topological polar surface area (TPSA) is 44.9 Å². The van der Waals surface area contributed by atoms with Gasteiger partial charge in [0.05, 0.1) is 5.69 Å². The molecule has 44 heavy (non-hydrogen) atoms. The second kappa shape index (κ2) is 12.3. The monoisotopic (exact) mass is 755 g/mol. The predicted octanol–water partition coefficient (Wildman–Crippen LogP) is 9.16. The van der Waals surface area contributed by atoms with Crippen molar-refractivity contribution in [2.24, 2.45) is 0 Å². The molecule has 0 saturated carbocycles. The van der Waals surface area contributed by atoms with Gasteiger partial charge in [-0.15, -0.1) is 35.7 Å². The Morgan fingerprint density at radius 3 is 2.32 bits per heavy atom. The first-order chi connectivity index (χ1) is 21.0. The van der Waals surface area contributed by atoms with E-state index in [9.17, 15) is 0 Å². The van der Waals surface area contributed by atoms with Gasteiger partial charge in [0.15, 0.2) is 0 Å². The van der Waals surface area contributed by atoms with E-state index in [1.54, 1.807) is 0 Å². The second-order valence-corrected chi connectivity index (χ2v) is 10.8. The van der Waals surface area contributed by atoms with Crippen molar-refractivity contribution in [3.8, 4) is 34.1 Å². The molecule has 6 heteroatoms. The first-order valence-corrected chi connectivity index (χ1v) is 14.8. The van der Waals surface area contributed by atoms with Crippen LogP contribution in [0.2, 0.25) is 0 Å². The number of aryl methyl sites for hydroxylation is 3. The molecule has 0 aliphatic rings. The van der Waals surface area contributed by atoms with Crippen molar-refractivity contribution in [3.05, 3.63) is 132 Å². The average Bonchev–Trinajstić information content (AvgIpc) is 3.53. The van der Waals surface area contributed by atoms with E-state index in [2.05, 4.69) is 98.1 Å². The molecule has 0 saturated heterocycles. The Hall–Kier alpha value is -4.47. The average molecular weight is 756 g/mol. The number of nitrogens with zero attached hydrogens (tertiary/aromatic N) is 4. The van der Waals surface area contributed by atoms with Crippen molar-refractivity contribution in [1.29, 1.82) is 0 Å². The summed E-state index contributed by atoms with van der Waals surface area (Å²) in [4.78, 5) is 4.76. The molecule has 0 unspecified atom stereocenters. The summed E-state index contributed by atoms with van der Waals surface area (Å²) in [7, 11) is 0. The van der Waals surface area contributed by atoms with Gasteiger partial charge < -0.3 is 9.30 Å². The summed E-state index contributed by atoms with van der Waals surface area (Å²) in [5.74, 6) is 2.10. The van der Waals surface area contributed by atoms with Crippen LogP contribution in [-0.2, 0) is 33.9 Å². The number of pyridine rings is 1. The minimum atomic E-state index is 0. The molecule has 0 radical (unpaired) electrons. The first kappa shape index (κ1) is 29.6. The minimum Gasteiger partial charge on any atom is -0.509 e. The summed E-state index contributed by atoms with van der Waals surface area (Å²) in [6, 6.07) is 38.3. The van der Waals surface area contributed by atoms with E-state index in [4.69, 9.17) is 14.8 Å². The summed E-state index contributed by atoms with van der Waals surface area (Å²) in [5, 5.41) is 7.16. The van der Waals surface area contributed by atoms with Crippen LogP contribution in [0.1, 0.15) is 36.4 Å². The van der Waals surface area contributed by atoms with Gasteiger partial charge in [0.25, 0.3) is 0 Å². The number of benzene rings is 4. The number of hydrogen-bond donors (Lipinski definition) is 0. The van der Waals surface area contributed by atoms with Crippen molar-refractivity contribution in [1.82, 2.24) is 19.3 Å². The standard InChI is InChI=1S/C38H32N4O.Pt/c1-5-27-15-18-35-34(21-27)33-17-16-32(24-36(33)41(35)37-22-28(6-2)19-20-39-37)43-31-14-10-13-30(23-31)42-26(4)38(25(3)40-42)29-11-8-7-9-12-29;/h7-22H,5-6H2,1-4H3;/q-2;+2. The van der Waals surface area contributed by atoms with Crippen LogP contribution < -0.4 is 4.74 Å². The third kappa shape index (κ3) is 5.26. The van der Waals surface area contributed by atoms with Gasteiger partial charge in [-0.25, -0.2) is 4.98 Å². The summed E-state index contributed by atoms with van der Waals surface area (Å²) in [6.07, 6.45) is 3.81. The maximum atomic E-state index is 6.40. The van der Waals surface area contributed by atoms with Crippen LogP contribution in [-0.4, -0.2) is 19.3 Å². The van der Waals surface area contributed by atoms with Crippen LogP contribution in [0.3, 0.4) is 0 Å². The van der Waals surface area contributed by atoms with Gasteiger partial charge in [0, 0.05) is 34.5 Å². The van der Waals surface area contributed by atoms with Crippen molar-refractivity contribution < 1.29 is 25.8 Å². The molecule has 0 amide bonds. The molecule has 3 aromatic heterocycles. The Morgan fingerprint density at radius 2 is 1.52 bits per heavy atom.